The number of benzene rings is 1. The second-order valence-corrected chi connectivity index (χ2v) is 5.55. The van der Waals surface area contributed by atoms with Crippen molar-refractivity contribution < 1.29 is 13.6 Å². The largest absolute Gasteiger partial charge is 0.461 e. The number of fused-ring (bicyclic) bond motifs is 1. The minimum Gasteiger partial charge on any atom is -0.461 e. The molecule has 0 saturated heterocycles. The van der Waals surface area contributed by atoms with Crippen LogP contribution in [0.25, 0.3) is 33.5 Å². The maximum Gasteiger partial charge on any atom is 0.153 e. The third-order valence-electron chi connectivity index (χ3n) is 4.02. The van der Waals surface area contributed by atoms with Crippen LogP contribution >= 0.6 is 0 Å². The summed E-state index contributed by atoms with van der Waals surface area (Å²) in [7, 11) is 0. The van der Waals surface area contributed by atoms with E-state index in [0.29, 0.717) is 23.3 Å². The van der Waals surface area contributed by atoms with E-state index in [9.17, 15) is 9.18 Å². The zero-order valence-electron chi connectivity index (χ0n) is 12.8. The molecule has 0 unspecified atom stereocenters. The van der Waals surface area contributed by atoms with Gasteiger partial charge in [0.15, 0.2) is 6.29 Å². The van der Waals surface area contributed by atoms with E-state index in [1.165, 1.54) is 6.07 Å². The van der Waals surface area contributed by atoms with Gasteiger partial charge in [-0.05, 0) is 36.8 Å². The van der Waals surface area contributed by atoms with Gasteiger partial charge in [-0.15, -0.1) is 0 Å². The molecule has 0 spiro atoms. The molecule has 0 radical (unpaired) electrons. The first kappa shape index (κ1) is 14.4. The van der Waals surface area contributed by atoms with E-state index in [2.05, 4.69) is 9.97 Å². The number of H-pyrrole nitrogens is 1. The summed E-state index contributed by atoms with van der Waals surface area (Å²) in [4.78, 5) is 18.7. The number of rotatable bonds is 3. The van der Waals surface area contributed by atoms with Crippen LogP contribution in [0.5, 0.6) is 0 Å². The van der Waals surface area contributed by atoms with Crippen molar-refractivity contribution in [2.45, 2.75) is 6.92 Å². The van der Waals surface area contributed by atoms with Crippen LogP contribution in [0.3, 0.4) is 0 Å². The van der Waals surface area contributed by atoms with Crippen LogP contribution in [0, 0.1) is 12.7 Å². The molecule has 0 fully saturated rings. The van der Waals surface area contributed by atoms with Crippen molar-refractivity contribution in [3.05, 3.63) is 65.9 Å². The minimum absolute atomic E-state index is 0.0395. The molecule has 0 bridgehead atoms. The van der Waals surface area contributed by atoms with Gasteiger partial charge in [-0.2, -0.15) is 0 Å². The molecule has 1 N–H and O–H groups in total. The molecular weight excluding hydrogens is 307 g/mol. The molecule has 4 aromatic rings. The van der Waals surface area contributed by atoms with Gasteiger partial charge >= 0.3 is 0 Å². The third-order valence-corrected chi connectivity index (χ3v) is 4.02. The Labute approximate surface area is 137 Å². The molecule has 3 aromatic heterocycles. The van der Waals surface area contributed by atoms with Crippen LogP contribution in [-0.2, 0) is 0 Å². The number of carbonyl (C=O) groups is 1. The smallest absolute Gasteiger partial charge is 0.153 e. The van der Waals surface area contributed by atoms with Crippen molar-refractivity contribution >= 4 is 17.3 Å². The Kier molecular flexibility index (Phi) is 3.27. The van der Waals surface area contributed by atoms with Crippen molar-refractivity contribution in [2.24, 2.45) is 0 Å². The lowest BCUT2D eigenvalue weighted by Crippen LogP contribution is -1.92. The molecule has 4 nitrogen and oxygen atoms in total. The molecule has 5 heteroatoms. The molecular formula is C19H13FN2O2. The quantitative estimate of drug-likeness (QED) is 0.554. The molecule has 0 aliphatic heterocycles. The van der Waals surface area contributed by atoms with E-state index in [4.69, 9.17) is 4.42 Å². The Balaban J connectivity index is 1.94. The number of carbonyl (C=O) groups excluding carboxylic acids is 1. The van der Waals surface area contributed by atoms with Crippen LogP contribution < -0.4 is 0 Å². The number of aldehydes is 1. The first-order valence-electron chi connectivity index (χ1n) is 7.45. The predicted octanol–water partition coefficient (Wildman–Crippen LogP) is 4.75. The zero-order valence-corrected chi connectivity index (χ0v) is 12.8. The lowest BCUT2D eigenvalue weighted by molar-refractivity contribution is 0.112. The predicted molar refractivity (Wildman–Crippen MR) is 89.3 cm³/mol. The number of hydrogen-bond donors (Lipinski definition) is 1. The van der Waals surface area contributed by atoms with Crippen LogP contribution in [0.4, 0.5) is 4.39 Å². The first-order valence-corrected chi connectivity index (χ1v) is 7.45. The maximum absolute atomic E-state index is 13.9. The fourth-order valence-corrected chi connectivity index (χ4v) is 2.84. The fourth-order valence-electron chi connectivity index (χ4n) is 2.84. The Morgan fingerprint density at radius 1 is 1.21 bits per heavy atom. The summed E-state index contributed by atoms with van der Waals surface area (Å²) in [6.07, 6.45) is 3.99. The van der Waals surface area contributed by atoms with Crippen LogP contribution in [0.1, 0.15) is 16.1 Å². The van der Waals surface area contributed by atoms with E-state index < -0.39 is 5.82 Å². The number of nitrogens with zero attached hydrogens (tertiary/aromatic N) is 1. The van der Waals surface area contributed by atoms with Crippen molar-refractivity contribution in [1.82, 2.24) is 9.97 Å². The highest BCUT2D eigenvalue weighted by Crippen LogP contribution is 2.33. The summed E-state index contributed by atoms with van der Waals surface area (Å²) in [5.74, 6) is 0.985. The van der Waals surface area contributed by atoms with Crippen molar-refractivity contribution in [3.63, 3.8) is 0 Å². The highest BCUT2D eigenvalue weighted by molar-refractivity contribution is 6.00. The summed E-state index contributed by atoms with van der Waals surface area (Å²) >= 11 is 0. The molecule has 4 rings (SSSR count). The van der Waals surface area contributed by atoms with Gasteiger partial charge in [0.25, 0.3) is 0 Å². The average Bonchev–Trinajstić information content (AvgIpc) is 3.20. The highest BCUT2D eigenvalue weighted by atomic mass is 19.1. The number of furan rings is 1. The lowest BCUT2D eigenvalue weighted by atomic mass is 9.99. The Morgan fingerprint density at radius 2 is 2.08 bits per heavy atom. The monoisotopic (exact) mass is 320 g/mol. The molecule has 0 saturated carbocycles. The normalized spacial score (nSPS) is 11.1. The van der Waals surface area contributed by atoms with E-state index in [0.717, 1.165) is 22.3 Å². The second-order valence-electron chi connectivity index (χ2n) is 5.55. The van der Waals surface area contributed by atoms with Gasteiger partial charge in [0, 0.05) is 28.9 Å². The SMILES string of the molecule is Cc1ccc(-c2cnc3[nH]cc(-c4cccc(F)c4C=O)c3c2)o1. The van der Waals surface area contributed by atoms with Crippen LogP contribution in [-0.4, -0.2) is 16.3 Å². The van der Waals surface area contributed by atoms with Crippen molar-refractivity contribution in [2.75, 3.05) is 0 Å². The van der Waals surface area contributed by atoms with Gasteiger partial charge in [-0.3, -0.25) is 4.79 Å². The number of hydrogen-bond acceptors (Lipinski definition) is 3. The lowest BCUT2D eigenvalue weighted by Gasteiger charge is -2.05. The summed E-state index contributed by atoms with van der Waals surface area (Å²) < 4.78 is 19.6. The fraction of sp³-hybridized carbons (Fsp3) is 0.0526. The molecule has 1 aromatic carbocycles. The molecule has 0 atom stereocenters. The van der Waals surface area contributed by atoms with E-state index in [1.807, 2.05) is 25.1 Å². The van der Waals surface area contributed by atoms with Gasteiger partial charge < -0.3 is 9.40 Å². The summed E-state index contributed by atoms with van der Waals surface area (Å²) in [5.41, 5.74) is 2.78. The third kappa shape index (κ3) is 2.22. The zero-order chi connectivity index (χ0) is 16.7. The van der Waals surface area contributed by atoms with Gasteiger partial charge in [0.2, 0.25) is 0 Å². The van der Waals surface area contributed by atoms with Crippen LogP contribution in [0.2, 0.25) is 0 Å². The van der Waals surface area contributed by atoms with Crippen molar-refractivity contribution in [1.29, 1.82) is 0 Å². The van der Waals surface area contributed by atoms with E-state index >= 15 is 0 Å². The Bertz CT molecular complexity index is 1060. The minimum atomic E-state index is -0.539. The average molecular weight is 320 g/mol. The second kappa shape index (κ2) is 5.45. The molecule has 0 aliphatic rings. The summed E-state index contributed by atoms with van der Waals surface area (Å²) in [6, 6.07) is 10.3. The summed E-state index contributed by atoms with van der Waals surface area (Å²) in [6.45, 7) is 1.88. The van der Waals surface area contributed by atoms with E-state index in [1.54, 1.807) is 24.5 Å². The molecule has 3 heterocycles. The van der Waals surface area contributed by atoms with E-state index in [-0.39, 0.29) is 5.56 Å². The number of aromatic nitrogens is 2. The standard InChI is InChI=1S/C19H13FN2O2/c1-11-5-6-18(24-11)12-7-14-15(9-22-19(14)21-8-12)13-3-2-4-17(20)16(13)10-23/h2-10H,1H3,(H,21,22). The maximum atomic E-state index is 13.9. The number of halogens is 1. The highest BCUT2D eigenvalue weighted by Gasteiger charge is 2.15. The Morgan fingerprint density at radius 3 is 2.83 bits per heavy atom. The first-order chi connectivity index (χ1) is 11.7. The van der Waals surface area contributed by atoms with Gasteiger partial charge in [-0.1, -0.05) is 12.1 Å². The van der Waals surface area contributed by atoms with Gasteiger partial charge in [0.1, 0.15) is 23.0 Å². The number of pyridine rings is 1. The number of aryl methyl sites for hydroxylation is 1. The molecule has 24 heavy (non-hydrogen) atoms. The summed E-state index contributed by atoms with van der Waals surface area (Å²) in [5, 5.41) is 0.801. The molecule has 118 valence electrons. The van der Waals surface area contributed by atoms with Gasteiger partial charge in [-0.25, -0.2) is 9.37 Å². The molecule has 0 aliphatic carbocycles. The molecule has 0 amide bonds. The Hall–Kier alpha value is -3.21. The van der Waals surface area contributed by atoms with Gasteiger partial charge in [0.05, 0.1) is 5.56 Å². The topological polar surface area (TPSA) is 58.9 Å². The number of aromatic amines is 1. The van der Waals surface area contributed by atoms with Crippen LogP contribution in [0.15, 0.2) is 53.2 Å². The van der Waals surface area contributed by atoms with Crippen molar-refractivity contribution in [3.8, 4) is 22.5 Å². The number of nitrogens with one attached hydrogen (secondary N) is 1.